The molecule has 1 atom stereocenters. The van der Waals surface area contributed by atoms with Gasteiger partial charge in [-0.3, -0.25) is 4.79 Å². The Morgan fingerprint density at radius 1 is 1.29 bits per heavy atom. The first-order valence-electron chi connectivity index (χ1n) is 6.24. The van der Waals surface area contributed by atoms with Gasteiger partial charge in [-0.1, -0.05) is 39.0 Å². The molecule has 0 amide bonds. The third-order valence-electron chi connectivity index (χ3n) is 3.31. The van der Waals surface area contributed by atoms with Gasteiger partial charge in [-0.05, 0) is 42.4 Å². The Bertz CT molecular complexity index is 394. The molecule has 0 heterocycles. The monoisotopic (exact) mass is 234 g/mol. The van der Waals surface area contributed by atoms with Crippen molar-refractivity contribution in [3.63, 3.8) is 0 Å². The molecule has 2 nitrogen and oxygen atoms in total. The first-order valence-corrected chi connectivity index (χ1v) is 6.24. The lowest BCUT2D eigenvalue weighted by Gasteiger charge is -2.12. The second-order valence-electron chi connectivity index (χ2n) is 5.12. The van der Waals surface area contributed by atoms with E-state index in [-0.39, 0.29) is 5.92 Å². The zero-order valence-corrected chi connectivity index (χ0v) is 11.2. The van der Waals surface area contributed by atoms with Gasteiger partial charge in [-0.25, -0.2) is 0 Å². The zero-order chi connectivity index (χ0) is 13.0. The number of hydrogen-bond acceptors (Lipinski definition) is 1. The molecule has 0 bridgehead atoms. The lowest BCUT2D eigenvalue weighted by atomic mass is 9.93. The highest BCUT2D eigenvalue weighted by molar-refractivity contribution is 5.69. The second kappa shape index (κ2) is 5.85. The topological polar surface area (TPSA) is 37.3 Å². The van der Waals surface area contributed by atoms with Crippen LogP contribution in [0.5, 0.6) is 0 Å². The molecule has 2 heteroatoms. The minimum atomic E-state index is -0.706. The molecule has 1 N–H and O–H groups in total. The summed E-state index contributed by atoms with van der Waals surface area (Å²) in [5.41, 5.74) is 3.87. The summed E-state index contributed by atoms with van der Waals surface area (Å²) in [4.78, 5) is 10.8. The molecular weight excluding hydrogens is 212 g/mol. The van der Waals surface area contributed by atoms with Crippen LogP contribution >= 0.6 is 0 Å². The van der Waals surface area contributed by atoms with E-state index in [1.807, 2.05) is 0 Å². The molecule has 1 aromatic carbocycles. The van der Waals surface area contributed by atoms with Gasteiger partial charge in [0, 0.05) is 0 Å². The first-order chi connectivity index (χ1) is 7.91. The fourth-order valence-electron chi connectivity index (χ4n) is 1.82. The molecule has 1 unspecified atom stereocenters. The van der Waals surface area contributed by atoms with E-state index in [1.165, 1.54) is 16.7 Å². The van der Waals surface area contributed by atoms with Crippen LogP contribution in [0, 0.1) is 12.8 Å². The van der Waals surface area contributed by atoms with Crippen molar-refractivity contribution in [2.24, 2.45) is 5.92 Å². The standard InChI is InChI=1S/C15H22O2/c1-10(2)13-7-5-11(3)14(9-13)8-6-12(4)15(16)17/h5,7,9-10,12H,6,8H2,1-4H3,(H,16,17). The van der Waals surface area contributed by atoms with Gasteiger partial charge in [-0.2, -0.15) is 0 Å². The van der Waals surface area contributed by atoms with E-state index in [4.69, 9.17) is 5.11 Å². The number of carbonyl (C=O) groups is 1. The molecule has 0 spiro atoms. The molecule has 0 saturated heterocycles. The van der Waals surface area contributed by atoms with Gasteiger partial charge in [0.1, 0.15) is 0 Å². The van der Waals surface area contributed by atoms with E-state index < -0.39 is 5.97 Å². The predicted molar refractivity (Wildman–Crippen MR) is 70.4 cm³/mol. The Morgan fingerprint density at radius 2 is 1.94 bits per heavy atom. The summed E-state index contributed by atoms with van der Waals surface area (Å²) in [6.07, 6.45) is 1.55. The smallest absolute Gasteiger partial charge is 0.306 e. The van der Waals surface area contributed by atoms with E-state index >= 15 is 0 Å². The number of hydrogen-bond donors (Lipinski definition) is 1. The van der Waals surface area contributed by atoms with Crippen LogP contribution in [0.1, 0.15) is 49.8 Å². The largest absolute Gasteiger partial charge is 0.481 e. The fourth-order valence-corrected chi connectivity index (χ4v) is 1.82. The maximum absolute atomic E-state index is 10.8. The summed E-state index contributed by atoms with van der Waals surface area (Å²) >= 11 is 0. The van der Waals surface area contributed by atoms with Gasteiger partial charge >= 0.3 is 5.97 Å². The number of aliphatic carboxylic acids is 1. The number of benzene rings is 1. The third kappa shape index (κ3) is 3.88. The minimum absolute atomic E-state index is 0.267. The fraction of sp³-hybridized carbons (Fsp3) is 0.533. The van der Waals surface area contributed by atoms with Crippen LogP contribution < -0.4 is 0 Å². The minimum Gasteiger partial charge on any atom is -0.481 e. The lowest BCUT2D eigenvalue weighted by Crippen LogP contribution is -2.10. The van der Waals surface area contributed by atoms with E-state index in [0.717, 1.165) is 6.42 Å². The maximum atomic E-state index is 10.8. The number of carboxylic acid groups (broad SMARTS) is 1. The Hall–Kier alpha value is -1.31. The first kappa shape index (κ1) is 13.8. The highest BCUT2D eigenvalue weighted by Crippen LogP contribution is 2.20. The van der Waals surface area contributed by atoms with E-state index in [9.17, 15) is 4.79 Å². The average molecular weight is 234 g/mol. The summed E-state index contributed by atoms with van der Waals surface area (Å²) in [5, 5.41) is 8.87. The molecule has 94 valence electrons. The van der Waals surface area contributed by atoms with E-state index in [1.54, 1.807) is 6.92 Å². The molecule has 1 aromatic rings. The zero-order valence-electron chi connectivity index (χ0n) is 11.2. The van der Waals surface area contributed by atoms with Gasteiger partial charge in [0.2, 0.25) is 0 Å². The Balaban J connectivity index is 2.76. The SMILES string of the molecule is Cc1ccc(C(C)C)cc1CCC(C)C(=O)O. The van der Waals surface area contributed by atoms with Gasteiger partial charge < -0.3 is 5.11 Å². The number of rotatable bonds is 5. The highest BCUT2D eigenvalue weighted by atomic mass is 16.4. The van der Waals surface area contributed by atoms with Crippen molar-refractivity contribution in [1.29, 1.82) is 0 Å². The molecule has 0 fully saturated rings. The van der Waals surface area contributed by atoms with Crippen molar-refractivity contribution < 1.29 is 9.90 Å². The lowest BCUT2D eigenvalue weighted by molar-refractivity contribution is -0.141. The van der Waals surface area contributed by atoms with Crippen LogP contribution in [0.2, 0.25) is 0 Å². The molecule has 0 aliphatic carbocycles. The second-order valence-corrected chi connectivity index (χ2v) is 5.12. The Kier molecular flexibility index (Phi) is 4.73. The number of aryl methyl sites for hydroxylation is 2. The van der Waals surface area contributed by atoms with Crippen molar-refractivity contribution in [3.05, 3.63) is 34.9 Å². The van der Waals surface area contributed by atoms with Crippen LogP contribution in [0.25, 0.3) is 0 Å². The van der Waals surface area contributed by atoms with Gasteiger partial charge in [0.05, 0.1) is 5.92 Å². The Labute approximate surface area is 104 Å². The van der Waals surface area contributed by atoms with Gasteiger partial charge in [0.15, 0.2) is 0 Å². The average Bonchev–Trinajstić information content (AvgIpc) is 2.26. The molecule has 17 heavy (non-hydrogen) atoms. The van der Waals surface area contributed by atoms with Crippen molar-refractivity contribution in [2.45, 2.75) is 46.5 Å². The van der Waals surface area contributed by atoms with Crippen molar-refractivity contribution >= 4 is 5.97 Å². The molecule has 0 aliphatic heterocycles. The summed E-state index contributed by atoms with van der Waals surface area (Å²) < 4.78 is 0. The highest BCUT2D eigenvalue weighted by Gasteiger charge is 2.12. The van der Waals surface area contributed by atoms with Gasteiger partial charge in [-0.15, -0.1) is 0 Å². The molecule has 0 aliphatic rings. The normalized spacial score (nSPS) is 12.8. The van der Waals surface area contributed by atoms with Crippen molar-refractivity contribution in [3.8, 4) is 0 Å². The van der Waals surface area contributed by atoms with Crippen LogP contribution in [-0.2, 0) is 11.2 Å². The maximum Gasteiger partial charge on any atom is 0.306 e. The summed E-state index contributed by atoms with van der Waals surface area (Å²) in [5.74, 6) is -0.453. The van der Waals surface area contributed by atoms with Crippen molar-refractivity contribution in [2.75, 3.05) is 0 Å². The summed E-state index contributed by atoms with van der Waals surface area (Å²) in [6, 6.07) is 6.51. The van der Waals surface area contributed by atoms with Gasteiger partial charge in [0.25, 0.3) is 0 Å². The number of carboxylic acids is 1. The molecule has 1 rings (SSSR count). The summed E-state index contributed by atoms with van der Waals surface area (Å²) in [7, 11) is 0. The molecule has 0 radical (unpaired) electrons. The third-order valence-corrected chi connectivity index (χ3v) is 3.31. The van der Waals surface area contributed by atoms with Crippen LogP contribution in [0.15, 0.2) is 18.2 Å². The van der Waals surface area contributed by atoms with Crippen molar-refractivity contribution in [1.82, 2.24) is 0 Å². The summed E-state index contributed by atoms with van der Waals surface area (Å²) in [6.45, 7) is 8.21. The van der Waals surface area contributed by atoms with E-state index in [0.29, 0.717) is 12.3 Å². The molecular formula is C15H22O2. The Morgan fingerprint density at radius 3 is 2.47 bits per heavy atom. The van der Waals surface area contributed by atoms with Crippen LogP contribution in [0.3, 0.4) is 0 Å². The molecule has 0 saturated carbocycles. The predicted octanol–water partition coefficient (Wildman–Crippen LogP) is 3.77. The van der Waals surface area contributed by atoms with Crippen LogP contribution in [0.4, 0.5) is 0 Å². The van der Waals surface area contributed by atoms with Crippen LogP contribution in [-0.4, -0.2) is 11.1 Å². The molecule has 0 aromatic heterocycles. The quantitative estimate of drug-likeness (QED) is 0.842. The van der Waals surface area contributed by atoms with E-state index in [2.05, 4.69) is 39.0 Å².